The average Bonchev–Trinajstić information content (AvgIpc) is 3.20. The van der Waals surface area contributed by atoms with Crippen LogP contribution < -0.4 is 15.0 Å². The van der Waals surface area contributed by atoms with Crippen molar-refractivity contribution in [3.05, 3.63) is 48.0 Å². The van der Waals surface area contributed by atoms with Crippen LogP contribution in [0, 0.1) is 5.92 Å². The lowest BCUT2D eigenvalue weighted by Gasteiger charge is -2.20. The molecule has 1 amide bonds. The average molecular weight is 446 g/mol. The standard InChI is InChI=1S/C23H31N3O4S/c1-5-26(6-2)31(28,29)22-15-18(7-12-21(22)30-4)23(27)24-19-8-10-20(11-9-19)25-14-13-17(3)16-25/h7-12,15,17H,5-6,13-14,16H2,1-4H3,(H,24,27). The molecule has 0 aromatic heterocycles. The fourth-order valence-corrected chi connectivity index (χ4v) is 5.49. The van der Waals surface area contributed by atoms with E-state index in [1.165, 1.54) is 30.0 Å². The predicted molar refractivity (Wildman–Crippen MR) is 123 cm³/mol. The number of hydrogen-bond acceptors (Lipinski definition) is 5. The third-order valence-electron chi connectivity index (χ3n) is 5.66. The molecule has 1 unspecified atom stereocenters. The van der Waals surface area contributed by atoms with Crippen LogP contribution in [0.1, 0.15) is 37.6 Å². The fourth-order valence-electron chi connectivity index (χ4n) is 3.85. The van der Waals surface area contributed by atoms with Crippen LogP contribution >= 0.6 is 0 Å². The molecule has 168 valence electrons. The number of hydrogen-bond donors (Lipinski definition) is 1. The number of anilines is 2. The quantitative estimate of drug-likeness (QED) is 0.668. The van der Waals surface area contributed by atoms with Gasteiger partial charge in [-0.3, -0.25) is 4.79 Å². The summed E-state index contributed by atoms with van der Waals surface area (Å²) in [5.41, 5.74) is 2.05. The summed E-state index contributed by atoms with van der Waals surface area (Å²) in [7, 11) is -2.35. The van der Waals surface area contributed by atoms with Crippen molar-refractivity contribution in [2.75, 3.05) is 43.5 Å². The highest BCUT2D eigenvalue weighted by atomic mass is 32.2. The molecule has 7 nitrogen and oxygen atoms in total. The Bertz CT molecular complexity index is 1020. The van der Waals surface area contributed by atoms with Gasteiger partial charge in [0.25, 0.3) is 5.91 Å². The Morgan fingerprint density at radius 2 is 1.84 bits per heavy atom. The van der Waals surface area contributed by atoms with Crippen LogP contribution in [0.4, 0.5) is 11.4 Å². The first-order valence-corrected chi connectivity index (χ1v) is 12.1. The van der Waals surface area contributed by atoms with Crippen molar-refractivity contribution in [3.8, 4) is 5.75 Å². The predicted octanol–water partition coefficient (Wildman–Crippen LogP) is 3.82. The van der Waals surface area contributed by atoms with E-state index in [9.17, 15) is 13.2 Å². The first kappa shape index (κ1) is 23.1. The van der Waals surface area contributed by atoms with Gasteiger partial charge < -0.3 is 15.0 Å². The SMILES string of the molecule is CCN(CC)S(=O)(=O)c1cc(C(=O)Nc2ccc(N3CCC(C)C3)cc2)ccc1OC. The summed E-state index contributed by atoms with van der Waals surface area (Å²) in [5.74, 6) is 0.533. The molecule has 2 aromatic carbocycles. The summed E-state index contributed by atoms with van der Waals surface area (Å²) in [6.07, 6.45) is 1.19. The van der Waals surface area contributed by atoms with Gasteiger partial charge in [-0.15, -0.1) is 0 Å². The van der Waals surface area contributed by atoms with Crippen molar-refractivity contribution in [3.63, 3.8) is 0 Å². The number of nitrogens with one attached hydrogen (secondary N) is 1. The minimum atomic E-state index is -3.77. The number of carbonyl (C=O) groups excluding carboxylic acids is 1. The molecule has 1 aliphatic rings. The molecule has 0 spiro atoms. The van der Waals surface area contributed by atoms with Crippen molar-refractivity contribution in [2.24, 2.45) is 5.92 Å². The fraction of sp³-hybridized carbons (Fsp3) is 0.435. The summed E-state index contributed by atoms with van der Waals surface area (Å²) < 4.78 is 32.6. The molecule has 1 N–H and O–H groups in total. The van der Waals surface area contributed by atoms with E-state index in [1.54, 1.807) is 19.9 Å². The molecule has 1 saturated heterocycles. The zero-order chi connectivity index (χ0) is 22.6. The van der Waals surface area contributed by atoms with Gasteiger partial charge in [0.1, 0.15) is 10.6 Å². The maximum Gasteiger partial charge on any atom is 0.255 e. The Morgan fingerprint density at radius 3 is 2.39 bits per heavy atom. The van der Waals surface area contributed by atoms with Crippen LogP contribution in [0.5, 0.6) is 5.75 Å². The number of carbonyl (C=O) groups is 1. The Labute approximate surface area is 185 Å². The minimum Gasteiger partial charge on any atom is -0.495 e. The topological polar surface area (TPSA) is 79.0 Å². The molecule has 1 aliphatic heterocycles. The molecule has 8 heteroatoms. The number of rotatable bonds is 8. The van der Waals surface area contributed by atoms with E-state index >= 15 is 0 Å². The summed E-state index contributed by atoms with van der Waals surface area (Å²) in [6, 6.07) is 12.2. The zero-order valence-electron chi connectivity index (χ0n) is 18.6. The monoisotopic (exact) mass is 445 g/mol. The smallest absolute Gasteiger partial charge is 0.255 e. The van der Waals surface area contributed by atoms with Crippen LogP contribution in [0.3, 0.4) is 0 Å². The third-order valence-corrected chi connectivity index (χ3v) is 7.73. The van der Waals surface area contributed by atoms with E-state index in [0.717, 1.165) is 18.8 Å². The highest BCUT2D eigenvalue weighted by molar-refractivity contribution is 7.89. The van der Waals surface area contributed by atoms with E-state index in [0.29, 0.717) is 24.7 Å². The molecule has 31 heavy (non-hydrogen) atoms. The second-order valence-corrected chi connectivity index (χ2v) is 9.70. The number of benzene rings is 2. The molecule has 0 bridgehead atoms. The highest BCUT2D eigenvalue weighted by Crippen LogP contribution is 2.29. The number of ether oxygens (including phenoxy) is 1. The van der Waals surface area contributed by atoms with Gasteiger partial charge in [0.15, 0.2) is 0 Å². The maximum atomic E-state index is 13.0. The second kappa shape index (κ2) is 9.70. The van der Waals surface area contributed by atoms with Gasteiger partial charge >= 0.3 is 0 Å². The number of nitrogens with zero attached hydrogens (tertiary/aromatic N) is 2. The van der Waals surface area contributed by atoms with Gasteiger partial charge in [-0.1, -0.05) is 20.8 Å². The molecule has 0 aliphatic carbocycles. The van der Waals surface area contributed by atoms with Gasteiger partial charge in [0.05, 0.1) is 7.11 Å². The highest BCUT2D eigenvalue weighted by Gasteiger charge is 2.27. The first-order chi connectivity index (χ1) is 14.8. The lowest BCUT2D eigenvalue weighted by Crippen LogP contribution is -2.31. The van der Waals surface area contributed by atoms with Crippen molar-refractivity contribution in [1.82, 2.24) is 4.31 Å². The summed E-state index contributed by atoms with van der Waals surface area (Å²) in [5, 5.41) is 2.85. The van der Waals surface area contributed by atoms with Gasteiger partial charge in [0, 0.05) is 43.1 Å². The van der Waals surface area contributed by atoms with Crippen LogP contribution in [0.15, 0.2) is 47.4 Å². The van der Waals surface area contributed by atoms with Crippen LogP contribution in [-0.2, 0) is 10.0 Å². The van der Waals surface area contributed by atoms with Crippen LogP contribution in [0.25, 0.3) is 0 Å². The van der Waals surface area contributed by atoms with Crippen LogP contribution in [-0.4, -0.2) is 51.9 Å². The molecule has 1 atom stereocenters. The van der Waals surface area contributed by atoms with Gasteiger partial charge in [0.2, 0.25) is 10.0 Å². The van der Waals surface area contributed by atoms with E-state index in [-0.39, 0.29) is 22.1 Å². The third kappa shape index (κ3) is 5.02. The van der Waals surface area contributed by atoms with E-state index in [1.807, 2.05) is 24.3 Å². The van der Waals surface area contributed by atoms with Crippen molar-refractivity contribution in [1.29, 1.82) is 0 Å². The Hall–Kier alpha value is -2.58. The van der Waals surface area contributed by atoms with Crippen molar-refractivity contribution in [2.45, 2.75) is 32.1 Å². The normalized spacial score (nSPS) is 16.5. The molecular formula is C23H31N3O4S. The van der Waals surface area contributed by atoms with Crippen molar-refractivity contribution < 1.29 is 17.9 Å². The van der Waals surface area contributed by atoms with E-state index in [4.69, 9.17) is 4.74 Å². The lowest BCUT2D eigenvalue weighted by molar-refractivity contribution is 0.102. The van der Waals surface area contributed by atoms with Gasteiger partial charge in [-0.05, 0) is 54.8 Å². The van der Waals surface area contributed by atoms with E-state index in [2.05, 4.69) is 17.1 Å². The molecule has 0 saturated carbocycles. The Morgan fingerprint density at radius 1 is 1.16 bits per heavy atom. The number of amides is 1. The maximum absolute atomic E-state index is 13.0. The zero-order valence-corrected chi connectivity index (χ0v) is 19.4. The first-order valence-electron chi connectivity index (χ1n) is 10.6. The molecule has 3 rings (SSSR count). The molecular weight excluding hydrogens is 414 g/mol. The van der Waals surface area contributed by atoms with Crippen molar-refractivity contribution >= 4 is 27.3 Å². The molecule has 1 fully saturated rings. The lowest BCUT2D eigenvalue weighted by atomic mass is 10.2. The summed E-state index contributed by atoms with van der Waals surface area (Å²) in [4.78, 5) is 15.1. The second-order valence-electron chi connectivity index (χ2n) is 7.80. The Kier molecular flexibility index (Phi) is 7.23. The van der Waals surface area contributed by atoms with E-state index < -0.39 is 10.0 Å². The largest absolute Gasteiger partial charge is 0.495 e. The minimum absolute atomic E-state index is 0.00940. The molecule has 2 aromatic rings. The summed E-state index contributed by atoms with van der Waals surface area (Å²) in [6.45, 7) is 8.55. The van der Waals surface area contributed by atoms with Gasteiger partial charge in [-0.2, -0.15) is 4.31 Å². The Balaban J connectivity index is 1.80. The number of sulfonamides is 1. The van der Waals surface area contributed by atoms with Crippen LogP contribution in [0.2, 0.25) is 0 Å². The molecule has 0 radical (unpaired) electrons. The summed E-state index contributed by atoms with van der Waals surface area (Å²) >= 11 is 0. The van der Waals surface area contributed by atoms with Gasteiger partial charge in [-0.25, -0.2) is 8.42 Å². The number of methoxy groups -OCH3 is 1. The molecule has 1 heterocycles.